The van der Waals surface area contributed by atoms with Crippen LogP contribution in [0, 0.1) is 10.1 Å². The Labute approximate surface area is 180 Å². The quantitative estimate of drug-likeness (QED) is 0.271. The van der Waals surface area contributed by atoms with Crippen LogP contribution in [0.5, 0.6) is 0 Å². The summed E-state index contributed by atoms with van der Waals surface area (Å²) in [6.45, 7) is 1.04. The van der Waals surface area contributed by atoms with Crippen molar-refractivity contribution in [2.45, 2.75) is 24.3 Å². The molecule has 1 amide bonds. The highest BCUT2D eigenvalue weighted by Gasteiger charge is 2.31. The number of rotatable bonds is 13. The molecule has 0 atom stereocenters. The summed E-state index contributed by atoms with van der Waals surface area (Å²) in [6, 6.07) is 14.2. The Balaban J connectivity index is 2.07. The molecule has 0 fully saturated rings. The predicted molar refractivity (Wildman–Crippen MR) is 113 cm³/mol. The number of ether oxygens (including phenoxy) is 1. The van der Waals surface area contributed by atoms with Crippen molar-refractivity contribution in [2.75, 3.05) is 26.3 Å². The number of para-hydroxylation sites is 1. The molecule has 0 saturated carbocycles. The van der Waals surface area contributed by atoms with Gasteiger partial charge in [0.1, 0.15) is 0 Å². The van der Waals surface area contributed by atoms with Crippen molar-refractivity contribution in [1.82, 2.24) is 9.62 Å². The highest BCUT2D eigenvalue weighted by atomic mass is 32.2. The van der Waals surface area contributed by atoms with Crippen molar-refractivity contribution < 1.29 is 28.0 Å². The molecule has 2 N–H and O–H groups in total. The van der Waals surface area contributed by atoms with E-state index in [0.717, 1.165) is 5.56 Å². The van der Waals surface area contributed by atoms with Gasteiger partial charge in [-0.05, 0) is 24.5 Å². The molecule has 10 nitrogen and oxygen atoms in total. The van der Waals surface area contributed by atoms with E-state index in [9.17, 15) is 23.3 Å². The van der Waals surface area contributed by atoms with Gasteiger partial charge in [-0.2, -0.15) is 4.31 Å². The summed E-state index contributed by atoms with van der Waals surface area (Å²) in [4.78, 5) is 20.7. The summed E-state index contributed by atoms with van der Waals surface area (Å²) in [5.74, 6) is 0. The van der Waals surface area contributed by atoms with E-state index in [-0.39, 0.29) is 31.1 Å². The van der Waals surface area contributed by atoms with Gasteiger partial charge < -0.3 is 15.2 Å². The fourth-order valence-corrected chi connectivity index (χ4v) is 4.48. The van der Waals surface area contributed by atoms with Crippen LogP contribution in [0.2, 0.25) is 0 Å². The number of carbonyl (C=O) groups is 1. The van der Waals surface area contributed by atoms with Crippen molar-refractivity contribution in [3.05, 3.63) is 70.3 Å². The number of benzene rings is 2. The van der Waals surface area contributed by atoms with Crippen molar-refractivity contribution in [1.29, 1.82) is 0 Å². The molecule has 2 aromatic rings. The van der Waals surface area contributed by atoms with Gasteiger partial charge in [0.05, 0.1) is 4.92 Å². The highest BCUT2D eigenvalue weighted by Crippen LogP contribution is 2.27. The van der Waals surface area contributed by atoms with Crippen molar-refractivity contribution in [3.63, 3.8) is 0 Å². The monoisotopic (exact) mass is 451 g/mol. The number of sulfonamides is 1. The summed E-state index contributed by atoms with van der Waals surface area (Å²) in [7, 11) is -4.12. The van der Waals surface area contributed by atoms with E-state index in [2.05, 4.69) is 5.32 Å². The van der Waals surface area contributed by atoms with E-state index < -0.39 is 26.7 Å². The molecule has 168 valence electrons. The first-order chi connectivity index (χ1) is 14.8. The van der Waals surface area contributed by atoms with Gasteiger partial charge in [-0.1, -0.05) is 42.5 Å². The first-order valence-electron chi connectivity index (χ1n) is 9.64. The molecule has 0 spiro atoms. The molecular formula is C20H25N3O7S. The lowest BCUT2D eigenvalue weighted by Gasteiger charge is -2.22. The zero-order valence-electron chi connectivity index (χ0n) is 16.8. The van der Waals surface area contributed by atoms with Crippen LogP contribution < -0.4 is 5.32 Å². The molecule has 0 aliphatic heterocycles. The van der Waals surface area contributed by atoms with E-state index in [1.165, 1.54) is 28.6 Å². The van der Waals surface area contributed by atoms with E-state index in [0.29, 0.717) is 19.4 Å². The fourth-order valence-electron chi connectivity index (χ4n) is 2.85. The van der Waals surface area contributed by atoms with Crippen LogP contribution in [-0.2, 0) is 21.3 Å². The number of nitro benzene ring substituents is 1. The Kier molecular flexibility index (Phi) is 9.38. The molecule has 11 heteroatoms. The zero-order valence-corrected chi connectivity index (χ0v) is 17.7. The molecule has 0 saturated heterocycles. The van der Waals surface area contributed by atoms with Crippen molar-refractivity contribution in [3.8, 4) is 0 Å². The van der Waals surface area contributed by atoms with Crippen molar-refractivity contribution in [2.24, 2.45) is 0 Å². The lowest BCUT2D eigenvalue weighted by Crippen LogP contribution is -2.32. The maximum absolute atomic E-state index is 13.2. The van der Waals surface area contributed by atoms with Crippen LogP contribution in [0.3, 0.4) is 0 Å². The largest absolute Gasteiger partial charge is 0.465 e. The van der Waals surface area contributed by atoms with Gasteiger partial charge in [-0.25, -0.2) is 13.2 Å². The highest BCUT2D eigenvalue weighted by molar-refractivity contribution is 7.89. The average Bonchev–Trinajstić information content (AvgIpc) is 2.75. The lowest BCUT2D eigenvalue weighted by atomic mass is 10.2. The van der Waals surface area contributed by atoms with Gasteiger partial charge in [0.2, 0.25) is 10.0 Å². The summed E-state index contributed by atoms with van der Waals surface area (Å²) in [5.41, 5.74) is 0.285. The first-order valence-corrected chi connectivity index (χ1v) is 11.1. The zero-order chi connectivity index (χ0) is 22.7. The Morgan fingerprint density at radius 2 is 1.71 bits per heavy atom. The number of carboxylic acid groups (broad SMARTS) is 1. The maximum Gasteiger partial charge on any atom is 0.404 e. The van der Waals surface area contributed by atoms with Crippen LogP contribution in [0.1, 0.15) is 18.4 Å². The summed E-state index contributed by atoms with van der Waals surface area (Å²) in [6.07, 6.45) is -0.232. The topological polar surface area (TPSA) is 139 Å². The van der Waals surface area contributed by atoms with E-state index in [1.807, 2.05) is 6.07 Å². The third kappa shape index (κ3) is 7.63. The SMILES string of the molecule is O=C(O)NCCCOCCCN(Cc1ccccc1)S(=O)(=O)c1ccccc1[N+](=O)[O-]. The fraction of sp³-hybridized carbons (Fsp3) is 0.350. The number of nitrogens with zero attached hydrogens (tertiary/aromatic N) is 2. The Hall–Kier alpha value is -3.02. The molecule has 2 rings (SSSR count). The van der Waals surface area contributed by atoms with E-state index in [1.54, 1.807) is 24.3 Å². The molecule has 0 heterocycles. The molecule has 0 unspecified atom stereocenters. The lowest BCUT2D eigenvalue weighted by molar-refractivity contribution is -0.387. The van der Waals surface area contributed by atoms with Gasteiger partial charge in [0.15, 0.2) is 4.90 Å². The van der Waals surface area contributed by atoms with Crippen LogP contribution in [0.25, 0.3) is 0 Å². The molecular weight excluding hydrogens is 426 g/mol. The standard InChI is InChI=1S/C20H25N3O7S/c24-20(25)21-12-6-14-30-15-7-13-22(16-17-8-2-1-3-9-17)31(28,29)19-11-5-4-10-18(19)23(26)27/h1-5,8-11,21H,6-7,12-16H2,(H,24,25). The minimum atomic E-state index is -4.12. The van der Waals surface area contributed by atoms with Crippen LogP contribution >= 0.6 is 0 Å². The van der Waals surface area contributed by atoms with E-state index >= 15 is 0 Å². The van der Waals surface area contributed by atoms with Crippen LogP contribution in [-0.4, -0.2) is 55.1 Å². The normalized spacial score (nSPS) is 11.4. The van der Waals surface area contributed by atoms with Gasteiger partial charge >= 0.3 is 6.09 Å². The second-order valence-electron chi connectivity index (χ2n) is 6.60. The van der Waals surface area contributed by atoms with Gasteiger partial charge in [-0.15, -0.1) is 0 Å². The minimum Gasteiger partial charge on any atom is -0.465 e. The van der Waals surface area contributed by atoms with Gasteiger partial charge in [0, 0.05) is 38.9 Å². The predicted octanol–water partition coefficient (Wildman–Crippen LogP) is 2.85. The number of nitro groups is 1. The average molecular weight is 452 g/mol. The molecule has 0 bridgehead atoms. The smallest absolute Gasteiger partial charge is 0.404 e. The molecule has 31 heavy (non-hydrogen) atoms. The number of nitrogens with one attached hydrogen (secondary N) is 1. The Bertz CT molecular complexity index is 968. The number of hydrogen-bond acceptors (Lipinski definition) is 6. The maximum atomic E-state index is 13.2. The third-order valence-electron chi connectivity index (χ3n) is 4.32. The molecule has 2 aromatic carbocycles. The van der Waals surface area contributed by atoms with Crippen LogP contribution in [0.15, 0.2) is 59.5 Å². The molecule has 0 aliphatic carbocycles. The number of amides is 1. The van der Waals surface area contributed by atoms with Crippen LogP contribution in [0.4, 0.5) is 10.5 Å². The Morgan fingerprint density at radius 3 is 2.39 bits per heavy atom. The van der Waals surface area contributed by atoms with Gasteiger partial charge in [0.25, 0.3) is 5.69 Å². The third-order valence-corrected chi connectivity index (χ3v) is 6.21. The summed E-state index contributed by atoms with van der Waals surface area (Å²) < 4.78 is 33.1. The molecule has 0 aromatic heterocycles. The second kappa shape index (κ2) is 12.0. The van der Waals surface area contributed by atoms with Crippen molar-refractivity contribution >= 4 is 21.8 Å². The first kappa shape index (κ1) is 24.3. The van der Waals surface area contributed by atoms with E-state index in [4.69, 9.17) is 9.84 Å². The summed E-state index contributed by atoms with van der Waals surface area (Å²) in [5, 5.41) is 22.1. The number of hydrogen-bond donors (Lipinski definition) is 2. The molecule has 0 aliphatic rings. The molecule has 0 radical (unpaired) electrons. The minimum absolute atomic E-state index is 0.0672. The second-order valence-corrected chi connectivity index (χ2v) is 8.51. The van der Waals surface area contributed by atoms with Gasteiger partial charge in [-0.3, -0.25) is 10.1 Å². The Morgan fingerprint density at radius 1 is 1.06 bits per heavy atom. The summed E-state index contributed by atoms with van der Waals surface area (Å²) >= 11 is 0.